The van der Waals surface area contributed by atoms with E-state index in [9.17, 15) is 18.2 Å². The Morgan fingerprint density at radius 1 is 0.897 bits per heavy atom. The van der Waals surface area contributed by atoms with E-state index in [1.54, 1.807) is 48.7 Å². The van der Waals surface area contributed by atoms with E-state index >= 15 is 0 Å². The largest absolute Gasteiger partial charge is 0.716 e. The summed E-state index contributed by atoms with van der Waals surface area (Å²) in [4.78, 5) is 4.41. The SMILES string of the molecule is O=S(=O)([O-])Oc1ccc(C(c2ccc(OSOO[O-])cc2)c2ccccn2)cc1. The summed E-state index contributed by atoms with van der Waals surface area (Å²) in [7, 11) is -4.85. The first-order chi connectivity index (χ1) is 14.0. The van der Waals surface area contributed by atoms with Crippen LogP contribution in [-0.2, 0) is 19.8 Å². The van der Waals surface area contributed by atoms with Crippen molar-refractivity contribution in [2.24, 2.45) is 0 Å². The van der Waals surface area contributed by atoms with Gasteiger partial charge in [-0.05, 0) is 47.5 Å². The van der Waals surface area contributed by atoms with Gasteiger partial charge in [-0.15, -0.1) is 4.33 Å². The maximum absolute atomic E-state index is 10.8. The Labute approximate surface area is 171 Å². The van der Waals surface area contributed by atoms with E-state index in [1.807, 2.05) is 12.1 Å². The predicted molar refractivity (Wildman–Crippen MR) is 98.8 cm³/mol. The first kappa shape index (κ1) is 21.0. The van der Waals surface area contributed by atoms with Crippen molar-refractivity contribution in [1.82, 2.24) is 4.98 Å². The van der Waals surface area contributed by atoms with Gasteiger partial charge in [0.2, 0.25) is 0 Å². The molecule has 0 amide bonds. The zero-order valence-electron chi connectivity index (χ0n) is 14.5. The molecule has 0 bridgehead atoms. The number of nitrogens with zero attached hydrogens (tertiary/aromatic N) is 1. The highest BCUT2D eigenvalue weighted by molar-refractivity contribution is 7.90. The molecule has 9 nitrogen and oxygen atoms in total. The second-order valence-electron chi connectivity index (χ2n) is 5.60. The molecule has 0 radical (unpaired) electrons. The van der Waals surface area contributed by atoms with Crippen LogP contribution in [0.4, 0.5) is 0 Å². The number of benzene rings is 2. The molecule has 0 spiro atoms. The van der Waals surface area contributed by atoms with Crippen molar-refractivity contribution in [2.45, 2.75) is 5.92 Å². The summed E-state index contributed by atoms with van der Waals surface area (Å²) >= 11 is 0.384. The van der Waals surface area contributed by atoms with Crippen molar-refractivity contribution >= 4 is 22.7 Å². The minimum absolute atomic E-state index is 0.0788. The molecule has 1 heterocycles. The van der Waals surface area contributed by atoms with Gasteiger partial charge >= 0.3 is 0 Å². The van der Waals surface area contributed by atoms with E-state index < -0.39 is 10.4 Å². The molecule has 0 fully saturated rings. The normalized spacial score (nSPS) is 12.3. The van der Waals surface area contributed by atoms with Crippen LogP contribution in [0, 0.1) is 0 Å². The molecule has 2 aromatic carbocycles. The number of pyridine rings is 1. The smallest absolute Gasteiger partial charge is 0.262 e. The molecule has 0 N–H and O–H groups in total. The predicted octanol–water partition coefficient (Wildman–Crippen LogP) is 2.27. The van der Waals surface area contributed by atoms with E-state index in [1.165, 1.54) is 12.1 Å². The highest BCUT2D eigenvalue weighted by Crippen LogP contribution is 2.33. The van der Waals surface area contributed by atoms with Crippen molar-refractivity contribution in [3.63, 3.8) is 0 Å². The number of hydrogen-bond donors (Lipinski definition) is 0. The summed E-state index contributed by atoms with van der Waals surface area (Å²) < 4.78 is 45.8. The fraction of sp³-hybridized carbons (Fsp3) is 0.0556. The number of aromatic nitrogens is 1. The average Bonchev–Trinajstić information content (AvgIpc) is 2.71. The van der Waals surface area contributed by atoms with Gasteiger partial charge in [-0.2, -0.15) is 0 Å². The van der Waals surface area contributed by atoms with Crippen LogP contribution < -0.4 is 13.6 Å². The molecule has 11 heteroatoms. The minimum Gasteiger partial charge on any atom is -0.716 e. The average molecular weight is 435 g/mol. The van der Waals surface area contributed by atoms with Crippen molar-refractivity contribution in [2.75, 3.05) is 0 Å². The Bertz CT molecular complexity index is 1010. The van der Waals surface area contributed by atoms with E-state index in [0.717, 1.165) is 16.8 Å². The number of hydrogen-bond acceptors (Lipinski definition) is 10. The fourth-order valence-electron chi connectivity index (χ4n) is 2.69. The molecule has 152 valence electrons. The monoisotopic (exact) mass is 435 g/mol. The van der Waals surface area contributed by atoms with Gasteiger partial charge in [0.05, 0.1) is 11.6 Å². The summed E-state index contributed by atoms with van der Waals surface area (Å²) in [5.41, 5.74) is 2.42. The van der Waals surface area contributed by atoms with Crippen LogP contribution >= 0.6 is 12.3 Å². The third-order valence-corrected chi connectivity index (χ3v) is 4.56. The van der Waals surface area contributed by atoms with Gasteiger partial charge in [0.1, 0.15) is 11.5 Å². The Kier molecular flexibility index (Phi) is 7.04. The van der Waals surface area contributed by atoms with Crippen LogP contribution in [0.5, 0.6) is 11.5 Å². The minimum atomic E-state index is -4.85. The van der Waals surface area contributed by atoms with Crippen LogP contribution in [0.1, 0.15) is 22.7 Å². The lowest BCUT2D eigenvalue weighted by Gasteiger charge is -2.19. The van der Waals surface area contributed by atoms with Crippen LogP contribution in [-0.4, -0.2) is 18.0 Å². The number of rotatable bonds is 9. The standard InChI is InChI=1S/C18H15NO8S2/c20-26-27-28-24-15-8-4-13(5-9-15)18(17-3-1-2-12-19-17)14-6-10-16(11-7-14)25-29(21,22)23/h1-12,18,20H,(H,21,22,23)/p-2. The Morgan fingerprint density at radius 2 is 1.52 bits per heavy atom. The van der Waals surface area contributed by atoms with E-state index in [-0.39, 0.29) is 11.7 Å². The molecule has 3 aromatic rings. The molecular weight excluding hydrogens is 422 g/mol. The van der Waals surface area contributed by atoms with Gasteiger partial charge in [-0.1, -0.05) is 30.3 Å². The third-order valence-electron chi connectivity index (χ3n) is 3.79. The molecular formula is C18H13NO8S2-2. The van der Waals surface area contributed by atoms with Gasteiger partial charge in [-0.3, -0.25) is 10.0 Å². The first-order valence-corrected chi connectivity index (χ1v) is 10.0. The van der Waals surface area contributed by atoms with Gasteiger partial charge in [0.25, 0.3) is 22.7 Å². The van der Waals surface area contributed by atoms with Crippen LogP contribution in [0.2, 0.25) is 0 Å². The second kappa shape index (κ2) is 9.69. The topological polar surface area (TPSA) is 130 Å². The van der Waals surface area contributed by atoms with Crippen molar-refractivity contribution < 1.29 is 36.0 Å². The molecule has 1 atom stereocenters. The Morgan fingerprint density at radius 3 is 2.03 bits per heavy atom. The summed E-state index contributed by atoms with van der Waals surface area (Å²) in [5.74, 6) is 0.0712. The molecule has 3 rings (SSSR count). The molecule has 0 saturated carbocycles. The van der Waals surface area contributed by atoms with E-state index in [4.69, 9.17) is 4.18 Å². The molecule has 0 aliphatic heterocycles. The van der Waals surface area contributed by atoms with Gasteiger partial charge in [0, 0.05) is 6.20 Å². The lowest BCUT2D eigenvalue weighted by molar-refractivity contribution is -0.777. The molecule has 0 saturated heterocycles. The zero-order chi connectivity index (χ0) is 20.7. The van der Waals surface area contributed by atoms with Crippen molar-refractivity contribution in [1.29, 1.82) is 0 Å². The van der Waals surface area contributed by atoms with Crippen molar-refractivity contribution in [3.05, 3.63) is 89.7 Å². The van der Waals surface area contributed by atoms with E-state index in [2.05, 4.69) is 18.5 Å². The Hall–Kier alpha value is -2.67. The van der Waals surface area contributed by atoms with Crippen LogP contribution in [0.3, 0.4) is 0 Å². The summed E-state index contributed by atoms with van der Waals surface area (Å²) in [6.45, 7) is 0. The lowest BCUT2D eigenvalue weighted by atomic mass is 9.88. The van der Waals surface area contributed by atoms with Gasteiger partial charge < -0.3 is 18.2 Å². The maximum Gasteiger partial charge on any atom is 0.262 e. The molecule has 29 heavy (non-hydrogen) atoms. The maximum atomic E-state index is 10.8. The quantitative estimate of drug-likeness (QED) is 0.123. The summed E-state index contributed by atoms with van der Waals surface area (Å²) in [6, 6.07) is 18.6. The second-order valence-corrected chi connectivity index (χ2v) is 7.03. The molecule has 1 unspecified atom stereocenters. The van der Waals surface area contributed by atoms with Crippen LogP contribution in [0.15, 0.2) is 72.9 Å². The highest BCUT2D eigenvalue weighted by Gasteiger charge is 2.18. The fourth-order valence-corrected chi connectivity index (χ4v) is 3.28. The molecule has 0 aliphatic rings. The van der Waals surface area contributed by atoms with E-state index in [0.29, 0.717) is 18.1 Å². The Balaban J connectivity index is 1.90. The summed E-state index contributed by atoms with van der Waals surface area (Å²) in [5, 5.41) is 13.0. The first-order valence-electron chi connectivity index (χ1n) is 8.02. The highest BCUT2D eigenvalue weighted by atomic mass is 32.3. The van der Waals surface area contributed by atoms with Gasteiger partial charge in [-0.25, -0.2) is 8.42 Å². The summed E-state index contributed by atoms with van der Waals surface area (Å²) in [6.07, 6.45) is 1.66. The molecule has 1 aromatic heterocycles. The third kappa shape index (κ3) is 6.15. The zero-order valence-corrected chi connectivity index (χ0v) is 16.2. The molecule has 0 aliphatic carbocycles. The van der Waals surface area contributed by atoms with Crippen molar-refractivity contribution in [3.8, 4) is 11.5 Å². The van der Waals surface area contributed by atoms with Crippen LogP contribution in [0.25, 0.3) is 0 Å². The van der Waals surface area contributed by atoms with Gasteiger partial charge in [0.15, 0.2) is 0 Å². The lowest BCUT2D eigenvalue weighted by Crippen LogP contribution is -2.08.